The predicted molar refractivity (Wildman–Crippen MR) is 515 cm³/mol. The van der Waals surface area contributed by atoms with E-state index in [-0.39, 0.29) is 59.2 Å². The first-order chi connectivity index (χ1) is 61.1. The zero-order valence-corrected chi connectivity index (χ0v) is 77.1. The minimum absolute atomic E-state index is 0. The van der Waals surface area contributed by atoms with E-state index in [2.05, 4.69) is 331 Å². The monoisotopic (exact) mass is 2030 g/mol. The molecule has 7 aliphatic rings. The zero-order chi connectivity index (χ0) is 86.0. The number of aliphatic hydroxyl groups excluding tert-OH is 1. The molecule has 0 spiro atoms. The summed E-state index contributed by atoms with van der Waals surface area (Å²) in [6, 6.07) is 111. The van der Waals surface area contributed by atoms with Gasteiger partial charge in [-0.15, -0.1) is 88.6 Å². The Kier molecular flexibility index (Phi) is 29.1. The van der Waals surface area contributed by atoms with E-state index in [0.717, 1.165) is 81.0 Å². The van der Waals surface area contributed by atoms with E-state index in [1.54, 1.807) is 12.4 Å². The van der Waals surface area contributed by atoms with Crippen LogP contribution in [0.15, 0.2) is 388 Å². The van der Waals surface area contributed by atoms with E-state index < -0.39 is 0 Å². The van der Waals surface area contributed by atoms with E-state index in [1.807, 2.05) is 115 Å². The molecule has 0 fully saturated rings. The van der Waals surface area contributed by atoms with E-state index >= 15 is 0 Å². The van der Waals surface area contributed by atoms with Gasteiger partial charge in [0.2, 0.25) is 11.2 Å². The average Bonchev–Trinajstić information content (AvgIpc) is 1.54. The van der Waals surface area contributed by atoms with Gasteiger partial charge in [-0.05, 0) is 172 Å². The third-order valence-electron chi connectivity index (χ3n) is 23.1. The van der Waals surface area contributed by atoms with Crippen molar-refractivity contribution in [1.82, 2.24) is 29.7 Å². The molecular weight excluding hydrogens is 1930 g/mol. The number of aliphatic hydroxyl groups is 1. The van der Waals surface area contributed by atoms with Crippen molar-refractivity contribution in [3.8, 4) is 50.5 Å². The Morgan fingerprint density at radius 2 is 1.17 bits per heavy atom. The molecule has 1 N–H and O–H groups in total. The molecule has 14 heteroatoms. The van der Waals surface area contributed by atoms with Crippen LogP contribution >= 0.6 is 0 Å². The summed E-state index contributed by atoms with van der Waals surface area (Å²) in [6.07, 6.45) is 25.0. The SMILES string of the molecule is C.C1=CC2=CN3c4ccccc4CC3N2C=C1.C=C1Oc2ccccc2[C-]=C1c1ccccn1.CC(=O)C=C(C)O.CC(C)c1cccc(C(C)C)c1C1C=C[N+]2=C1c1ccccc1C2.CC(C)n1nc2c3ccccc3c3cccc4c3c2[n+]1C4.[Ir].[Ir].[c-]1ccccc1-c1cc(-c2ccccc2)c2cc(-c3ccccc3)ccc2n1.[c-]1ccccc1-c1ccccn1. The van der Waals surface area contributed by atoms with Crippen LogP contribution in [0.25, 0.3) is 93.8 Å². The zero-order valence-electron chi connectivity index (χ0n) is 72.3. The molecule has 4 aromatic heterocycles. The number of rotatable bonds is 10. The van der Waals surface area contributed by atoms with Crippen molar-refractivity contribution in [3.05, 3.63) is 457 Å². The van der Waals surface area contributed by atoms with E-state index in [4.69, 9.17) is 19.9 Å². The van der Waals surface area contributed by atoms with Gasteiger partial charge in [-0.3, -0.25) is 14.8 Å². The van der Waals surface area contributed by atoms with Crippen molar-refractivity contribution in [2.75, 3.05) is 4.90 Å². The first-order valence-electron chi connectivity index (χ1n) is 42.9. The Hall–Kier alpha value is -13.7. The maximum absolute atomic E-state index is 10.0. The van der Waals surface area contributed by atoms with Gasteiger partial charge in [0, 0.05) is 121 Å². The third kappa shape index (κ3) is 19.5. The van der Waals surface area contributed by atoms with Crippen LogP contribution in [0.2, 0.25) is 0 Å². The maximum Gasteiger partial charge on any atom is 0.257 e. The third-order valence-corrected chi connectivity index (χ3v) is 23.1. The number of anilines is 1. The Bertz CT molecular complexity index is 6850. The fraction of sp³-hybridized carbons (Fsp3) is 0.149. The van der Waals surface area contributed by atoms with Gasteiger partial charge in [0.05, 0.1) is 40.0 Å². The molecule has 0 saturated carbocycles. The molecule has 2 radical (unpaired) electrons. The minimum atomic E-state index is -0.125. The summed E-state index contributed by atoms with van der Waals surface area (Å²) in [5, 5.41) is 19.7. The summed E-state index contributed by atoms with van der Waals surface area (Å²) >= 11 is 0. The number of ketones is 1. The molecule has 12 nitrogen and oxygen atoms in total. The molecule has 16 aromatic rings. The van der Waals surface area contributed by atoms with Crippen molar-refractivity contribution in [2.24, 2.45) is 0 Å². The summed E-state index contributed by atoms with van der Waals surface area (Å²) in [7, 11) is 0. The maximum atomic E-state index is 10.0. The average molecular weight is 2030 g/mol. The van der Waals surface area contributed by atoms with Gasteiger partial charge in [-0.25, -0.2) is 0 Å². The van der Waals surface area contributed by atoms with Crippen molar-refractivity contribution < 1.29 is 64.1 Å². The van der Waals surface area contributed by atoms with Crippen LogP contribution in [-0.2, 0) is 64.5 Å². The van der Waals surface area contributed by atoms with Crippen LogP contribution in [0.1, 0.15) is 137 Å². The Balaban J connectivity index is 0.000000124. The molecule has 11 heterocycles. The number of fused-ring (bicyclic) bond motifs is 12. The first-order valence-corrected chi connectivity index (χ1v) is 42.9. The molecule has 0 saturated heterocycles. The Morgan fingerprint density at radius 1 is 0.562 bits per heavy atom. The van der Waals surface area contributed by atoms with E-state index in [0.29, 0.717) is 35.7 Å². The van der Waals surface area contributed by atoms with Gasteiger partial charge in [0.25, 0.3) is 5.52 Å². The number of para-hydroxylation sites is 2. The van der Waals surface area contributed by atoms with Crippen molar-refractivity contribution in [3.63, 3.8) is 0 Å². The van der Waals surface area contributed by atoms with Gasteiger partial charge in [0.15, 0.2) is 18.5 Å². The van der Waals surface area contributed by atoms with Crippen LogP contribution in [-0.4, -0.2) is 57.1 Å². The molecule has 0 aliphatic carbocycles. The molecule has 0 amide bonds. The molecule has 2 unspecified atom stereocenters. The van der Waals surface area contributed by atoms with Gasteiger partial charge in [-0.1, -0.05) is 265 Å². The number of carbonyl (C=O) groups excluding carboxylic acids is 1. The van der Waals surface area contributed by atoms with Gasteiger partial charge in [-0.2, -0.15) is 4.58 Å². The normalized spacial score (nSPS) is 14.5. The number of ether oxygens (including phenoxy) is 1. The quantitative estimate of drug-likeness (QED) is 0.0470. The van der Waals surface area contributed by atoms with Crippen molar-refractivity contribution in [2.45, 2.75) is 112 Å². The van der Waals surface area contributed by atoms with Gasteiger partial charge >= 0.3 is 0 Å². The van der Waals surface area contributed by atoms with Crippen molar-refractivity contribution in [1.29, 1.82) is 0 Å². The Morgan fingerprint density at radius 3 is 1.84 bits per heavy atom. The summed E-state index contributed by atoms with van der Waals surface area (Å²) in [4.78, 5) is 30.3. The number of hydrogen-bond donors (Lipinski definition) is 1. The molecule has 23 rings (SSSR count). The fourth-order valence-corrected chi connectivity index (χ4v) is 17.5. The fourth-order valence-electron chi connectivity index (χ4n) is 17.5. The topological polar surface area (TPSA) is 116 Å². The Labute approximate surface area is 778 Å². The molecule has 640 valence electrons. The number of aromatic nitrogens is 6. The summed E-state index contributed by atoms with van der Waals surface area (Å²) in [6.45, 7) is 22.3. The van der Waals surface area contributed by atoms with Gasteiger partial charge < -0.3 is 24.6 Å². The number of pyridine rings is 3. The standard InChI is InChI=1S/C27H18N.C23H26N.C18H16N3.C15H10NO.C14H12N2.C11H8N.C5H8O2.CH4.2Ir/c1-4-10-20(11-5-1)23-16-17-26-25(18-23)24(21-12-6-2-7-13-21)19-27(28-26)22-14-8-3-9-15-22;1-15(2)18-10-7-11-19(16(3)4)22(18)21-12-13-24-14-17-8-5-6-9-20(17)23(21)24;1-11(2)21-19-17-15-8-4-3-7-13(15)14-9-5-6-12-10-20(21)18(17)16(12)14;1-11-13(14-7-4-5-9-16-14)10-12-6-2-3-8-15(12)17-11;1-2-7-13-11(5-1)9-14-15-8-4-3-6-12(15)10-16(13)14;1-2-6-10(7-3-1)11-8-4-5-9-12-11;1-4(6)3-5(2)7;;;/h1-14,16-19H;5-13,15-16,21H,14H2,1-4H3;3-9,11H,10H2,1-2H3;2-9H,1H2;1-8,10,14H,9H2;1-6,8-9H;3,6H,1-2H3;1H4;;/q-1;2*+1;-1;;-1;;;;. The largest absolute Gasteiger partial charge is 0.527 e. The van der Waals surface area contributed by atoms with Crippen LogP contribution < -0.4 is 14.3 Å². The summed E-state index contributed by atoms with van der Waals surface area (Å²) < 4.78 is 10.4. The number of hydrogen-bond acceptors (Lipinski definition) is 9. The summed E-state index contributed by atoms with van der Waals surface area (Å²) in [5.74, 6) is 2.77. The van der Waals surface area contributed by atoms with Crippen LogP contribution in [0.4, 0.5) is 5.69 Å². The van der Waals surface area contributed by atoms with Crippen LogP contribution in [0.5, 0.6) is 5.75 Å². The van der Waals surface area contributed by atoms with Crippen molar-refractivity contribution >= 4 is 66.2 Å². The molecule has 12 aromatic carbocycles. The van der Waals surface area contributed by atoms with E-state index in [9.17, 15) is 4.79 Å². The number of allylic oxidation sites excluding steroid dienone is 7. The second-order valence-electron chi connectivity index (χ2n) is 32.6. The molecule has 0 bridgehead atoms. The first kappa shape index (κ1) is 90.5. The summed E-state index contributed by atoms with van der Waals surface area (Å²) in [5.41, 5.74) is 29.1. The molecule has 128 heavy (non-hydrogen) atoms. The second-order valence-corrected chi connectivity index (χ2v) is 32.6. The molecular formula is C114H102Ir2N9O3-. The second kappa shape index (κ2) is 41.2. The number of benzene rings is 12. The smallest absolute Gasteiger partial charge is 0.257 e. The molecule has 7 aliphatic heterocycles. The van der Waals surface area contributed by atoms with E-state index in [1.165, 1.54) is 125 Å². The number of carbonyl (C=O) groups is 1. The van der Waals surface area contributed by atoms with Crippen LogP contribution in [0, 0.1) is 18.2 Å². The number of nitrogens with zero attached hydrogens (tertiary/aromatic N) is 9. The minimum Gasteiger partial charge on any atom is -0.527 e. The predicted octanol–water partition coefficient (Wildman–Crippen LogP) is 26.2. The molecule has 2 atom stereocenters. The van der Waals surface area contributed by atoms with Crippen LogP contribution in [0.3, 0.4) is 0 Å². The van der Waals surface area contributed by atoms with Gasteiger partial charge in [0.1, 0.15) is 18.8 Å².